The lowest BCUT2D eigenvalue weighted by atomic mass is 10.1. The molecule has 0 atom stereocenters. The first kappa shape index (κ1) is 13.5. The van der Waals surface area contributed by atoms with Crippen molar-refractivity contribution in [3.8, 4) is 11.4 Å². The van der Waals surface area contributed by atoms with E-state index in [0.29, 0.717) is 23.5 Å². The van der Waals surface area contributed by atoms with Crippen LogP contribution in [0.2, 0.25) is 0 Å². The molecular weight excluding hydrogens is 266 g/mol. The van der Waals surface area contributed by atoms with Crippen molar-refractivity contribution >= 4 is 10.9 Å². The summed E-state index contributed by atoms with van der Waals surface area (Å²) in [6.45, 7) is 1.72. The molecule has 0 aliphatic carbocycles. The largest absolute Gasteiger partial charge is 0.396 e. The van der Waals surface area contributed by atoms with Crippen LogP contribution in [0.1, 0.15) is 11.3 Å². The molecule has 2 aromatic heterocycles. The Morgan fingerprint density at radius 3 is 2.90 bits per heavy atom. The summed E-state index contributed by atoms with van der Waals surface area (Å²) >= 11 is 0. The summed E-state index contributed by atoms with van der Waals surface area (Å²) in [5, 5.41) is 9.98. The molecule has 0 unspecified atom stereocenters. The van der Waals surface area contributed by atoms with E-state index >= 15 is 0 Å². The van der Waals surface area contributed by atoms with Crippen LogP contribution >= 0.6 is 0 Å². The monoisotopic (exact) mass is 281 g/mol. The highest BCUT2D eigenvalue weighted by Crippen LogP contribution is 2.20. The Balaban J connectivity index is 2.12. The van der Waals surface area contributed by atoms with Gasteiger partial charge in [-0.25, -0.2) is 4.98 Å². The van der Waals surface area contributed by atoms with E-state index < -0.39 is 0 Å². The number of hydrogen-bond acceptors (Lipinski definition) is 4. The summed E-state index contributed by atoms with van der Waals surface area (Å²) in [5.74, 6) is 0.532. The van der Waals surface area contributed by atoms with E-state index in [-0.39, 0.29) is 12.2 Å². The SMILES string of the molecule is Cc1nc(-c2ccc3ncccc3c2)[nH]c(=O)c1CCO. The van der Waals surface area contributed by atoms with Gasteiger partial charge in [0.15, 0.2) is 0 Å². The molecule has 2 N–H and O–H groups in total. The number of aromatic nitrogens is 3. The number of hydrogen-bond donors (Lipinski definition) is 2. The van der Waals surface area contributed by atoms with Gasteiger partial charge in [0, 0.05) is 41.4 Å². The summed E-state index contributed by atoms with van der Waals surface area (Å²) in [6.07, 6.45) is 2.06. The zero-order valence-electron chi connectivity index (χ0n) is 11.6. The van der Waals surface area contributed by atoms with Gasteiger partial charge in [-0.3, -0.25) is 9.78 Å². The van der Waals surface area contributed by atoms with Crippen LogP contribution in [0.3, 0.4) is 0 Å². The Hall–Kier alpha value is -2.53. The minimum Gasteiger partial charge on any atom is -0.396 e. The minimum absolute atomic E-state index is 0.0629. The third-order valence-corrected chi connectivity index (χ3v) is 3.46. The molecule has 5 heteroatoms. The Bertz CT molecular complexity index is 856. The summed E-state index contributed by atoms with van der Waals surface area (Å²) in [6, 6.07) is 9.58. The van der Waals surface area contributed by atoms with Crippen molar-refractivity contribution in [3.05, 3.63) is 58.1 Å². The number of aromatic amines is 1. The van der Waals surface area contributed by atoms with E-state index in [0.717, 1.165) is 16.5 Å². The number of nitrogens with zero attached hydrogens (tertiary/aromatic N) is 2. The molecule has 0 radical (unpaired) electrons. The molecule has 0 aliphatic heterocycles. The fourth-order valence-corrected chi connectivity index (χ4v) is 2.38. The van der Waals surface area contributed by atoms with Crippen molar-refractivity contribution in [2.75, 3.05) is 6.61 Å². The zero-order chi connectivity index (χ0) is 14.8. The van der Waals surface area contributed by atoms with E-state index in [1.54, 1.807) is 13.1 Å². The summed E-state index contributed by atoms with van der Waals surface area (Å²) in [4.78, 5) is 23.6. The molecule has 5 nitrogen and oxygen atoms in total. The molecule has 0 fully saturated rings. The Labute approximate surface area is 121 Å². The average Bonchev–Trinajstić information content (AvgIpc) is 2.50. The Morgan fingerprint density at radius 1 is 1.29 bits per heavy atom. The van der Waals surface area contributed by atoms with Crippen LogP contribution in [-0.4, -0.2) is 26.7 Å². The maximum absolute atomic E-state index is 12.1. The van der Waals surface area contributed by atoms with Crippen molar-refractivity contribution < 1.29 is 5.11 Å². The molecule has 0 amide bonds. The number of aryl methyl sites for hydroxylation is 1. The van der Waals surface area contributed by atoms with Gasteiger partial charge in [0.2, 0.25) is 0 Å². The van der Waals surface area contributed by atoms with Gasteiger partial charge in [-0.15, -0.1) is 0 Å². The first-order valence-electron chi connectivity index (χ1n) is 6.75. The van der Waals surface area contributed by atoms with E-state index in [2.05, 4.69) is 15.0 Å². The van der Waals surface area contributed by atoms with Crippen LogP contribution in [-0.2, 0) is 6.42 Å². The van der Waals surface area contributed by atoms with E-state index in [1.807, 2.05) is 30.3 Å². The lowest BCUT2D eigenvalue weighted by molar-refractivity contribution is 0.298. The van der Waals surface area contributed by atoms with Crippen LogP contribution in [0.25, 0.3) is 22.3 Å². The number of nitrogens with one attached hydrogen (secondary N) is 1. The van der Waals surface area contributed by atoms with Crippen molar-refractivity contribution in [1.82, 2.24) is 15.0 Å². The van der Waals surface area contributed by atoms with Crippen molar-refractivity contribution in [1.29, 1.82) is 0 Å². The van der Waals surface area contributed by atoms with E-state index in [4.69, 9.17) is 5.11 Å². The molecule has 0 aliphatic rings. The van der Waals surface area contributed by atoms with Crippen LogP contribution in [0.5, 0.6) is 0 Å². The lowest BCUT2D eigenvalue weighted by Gasteiger charge is -2.07. The highest BCUT2D eigenvalue weighted by Gasteiger charge is 2.09. The van der Waals surface area contributed by atoms with Crippen LogP contribution in [0.4, 0.5) is 0 Å². The average molecular weight is 281 g/mol. The number of H-pyrrole nitrogens is 1. The number of aliphatic hydroxyl groups excluding tert-OH is 1. The van der Waals surface area contributed by atoms with Crippen molar-refractivity contribution in [3.63, 3.8) is 0 Å². The summed E-state index contributed by atoms with van der Waals surface area (Å²) < 4.78 is 0. The highest BCUT2D eigenvalue weighted by molar-refractivity contribution is 5.83. The van der Waals surface area contributed by atoms with Crippen LogP contribution < -0.4 is 5.56 Å². The Kier molecular flexibility index (Phi) is 3.50. The van der Waals surface area contributed by atoms with Gasteiger partial charge in [-0.2, -0.15) is 0 Å². The zero-order valence-corrected chi connectivity index (χ0v) is 11.6. The Morgan fingerprint density at radius 2 is 2.14 bits per heavy atom. The van der Waals surface area contributed by atoms with Gasteiger partial charge < -0.3 is 10.1 Å². The second-order valence-corrected chi connectivity index (χ2v) is 4.86. The third-order valence-electron chi connectivity index (χ3n) is 3.46. The standard InChI is InChI=1S/C16H15N3O2/c1-10-13(6-8-20)16(21)19-15(18-10)12-4-5-14-11(9-12)3-2-7-17-14/h2-5,7,9,20H,6,8H2,1H3,(H,18,19,21). The van der Waals surface area contributed by atoms with Gasteiger partial charge >= 0.3 is 0 Å². The molecule has 3 aromatic rings. The van der Waals surface area contributed by atoms with Crippen molar-refractivity contribution in [2.45, 2.75) is 13.3 Å². The predicted molar refractivity (Wildman–Crippen MR) is 81.1 cm³/mol. The van der Waals surface area contributed by atoms with Crippen LogP contribution in [0, 0.1) is 6.92 Å². The molecule has 0 bridgehead atoms. The topological polar surface area (TPSA) is 78.9 Å². The highest BCUT2D eigenvalue weighted by atomic mass is 16.3. The van der Waals surface area contributed by atoms with Gasteiger partial charge in [-0.05, 0) is 31.2 Å². The number of aliphatic hydroxyl groups is 1. The number of benzene rings is 1. The van der Waals surface area contributed by atoms with Gasteiger partial charge in [-0.1, -0.05) is 6.07 Å². The second-order valence-electron chi connectivity index (χ2n) is 4.86. The predicted octanol–water partition coefficient (Wildman–Crippen LogP) is 1.83. The van der Waals surface area contributed by atoms with Crippen LogP contribution in [0.15, 0.2) is 41.3 Å². The van der Waals surface area contributed by atoms with Crippen molar-refractivity contribution in [2.24, 2.45) is 0 Å². The molecule has 21 heavy (non-hydrogen) atoms. The molecule has 0 saturated carbocycles. The first-order chi connectivity index (χ1) is 10.2. The smallest absolute Gasteiger partial charge is 0.254 e. The molecule has 3 rings (SSSR count). The van der Waals surface area contributed by atoms with Gasteiger partial charge in [0.05, 0.1) is 5.52 Å². The number of fused-ring (bicyclic) bond motifs is 1. The quantitative estimate of drug-likeness (QED) is 0.767. The normalized spacial score (nSPS) is 11.0. The number of rotatable bonds is 3. The fraction of sp³-hybridized carbons (Fsp3) is 0.188. The van der Waals surface area contributed by atoms with E-state index in [9.17, 15) is 4.79 Å². The maximum Gasteiger partial charge on any atom is 0.254 e. The summed E-state index contributed by atoms with van der Waals surface area (Å²) in [7, 11) is 0. The van der Waals surface area contributed by atoms with Gasteiger partial charge in [0.1, 0.15) is 5.82 Å². The third kappa shape index (κ3) is 2.55. The minimum atomic E-state index is -0.196. The van der Waals surface area contributed by atoms with E-state index in [1.165, 1.54) is 0 Å². The first-order valence-corrected chi connectivity index (χ1v) is 6.75. The molecule has 2 heterocycles. The fourth-order valence-electron chi connectivity index (χ4n) is 2.38. The lowest BCUT2D eigenvalue weighted by Crippen LogP contribution is -2.18. The number of pyridine rings is 1. The molecule has 1 aromatic carbocycles. The molecule has 106 valence electrons. The van der Waals surface area contributed by atoms with Gasteiger partial charge in [0.25, 0.3) is 5.56 Å². The molecule has 0 saturated heterocycles. The second kappa shape index (κ2) is 5.46. The molecular formula is C16H15N3O2. The molecule has 0 spiro atoms. The maximum atomic E-state index is 12.1. The summed E-state index contributed by atoms with van der Waals surface area (Å²) in [5.41, 5.74) is 2.72.